The fraction of sp³-hybridized carbons (Fsp3) is 0.118. The second-order valence-electron chi connectivity index (χ2n) is 5.76. The zero-order valence-corrected chi connectivity index (χ0v) is 17.6. The van der Waals surface area contributed by atoms with E-state index in [2.05, 4.69) is 36.2 Å². The van der Waals surface area contributed by atoms with Crippen LogP contribution in [0.25, 0.3) is 0 Å². The minimum Gasteiger partial charge on any atom is -0.296 e. The van der Waals surface area contributed by atoms with E-state index >= 15 is 0 Å². The standard InChI is InChI=1S/C17H15BrN4O3S2/c1-10-3-5-12(6-4-10)15(23)19-16-20-21-17(26-16)27(24,25)22-13-7-8-14(18)11(2)9-13/h3-9,22H,1-2H3,(H,19,20,23). The van der Waals surface area contributed by atoms with Gasteiger partial charge in [-0.2, -0.15) is 8.42 Å². The molecule has 1 aromatic heterocycles. The SMILES string of the molecule is Cc1ccc(C(=O)Nc2nnc(S(=O)(=O)Nc3ccc(Br)c(C)c3)s2)cc1. The molecule has 0 bridgehead atoms. The number of nitrogens with zero attached hydrogens (tertiary/aromatic N) is 2. The third-order valence-corrected chi connectivity index (χ3v) is 7.06. The number of sulfonamides is 1. The molecular formula is C17H15BrN4O3S2. The number of hydrogen-bond acceptors (Lipinski definition) is 6. The van der Waals surface area contributed by atoms with Gasteiger partial charge in [0.1, 0.15) is 0 Å². The Kier molecular flexibility index (Phi) is 5.59. The summed E-state index contributed by atoms with van der Waals surface area (Å²) in [6.07, 6.45) is 0. The maximum Gasteiger partial charge on any atom is 0.291 e. The number of carbonyl (C=O) groups is 1. The van der Waals surface area contributed by atoms with Crippen LogP contribution in [0.15, 0.2) is 51.3 Å². The number of anilines is 2. The predicted octanol–water partition coefficient (Wildman–Crippen LogP) is 3.97. The Labute approximate surface area is 169 Å². The Hall–Kier alpha value is -2.30. The monoisotopic (exact) mass is 466 g/mol. The van der Waals surface area contributed by atoms with Crippen LogP contribution in [0.4, 0.5) is 10.8 Å². The van der Waals surface area contributed by atoms with Crippen LogP contribution in [0.3, 0.4) is 0 Å². The molecule has 0 saturated carbocycles. The van der Waals surface area contributed by atoms with Crippen molar-refractivity contribution in [2.24, 2.45) is 0 Å². The molecule has 0 radical (unpaired) electrons. The summed E-state index contributed by atoms with van der Waals surface area (Å²) in [6.45, 7) is 3.77. The lowest BCUT2D eigenvalue weighted by atomic mass is 10.1. The molecule has 2 N–H and O–H groups in total. The summed E-state index contributed by atoms with van der Waals surface area (Å²) in [6, 6.07) is 12.1. The molecule has 140 valence electrons. The molecule has 1 amide bonds. The highest BCUT2D eigenvalue weighted by Gasteiger charge is 2.21. The maximum atomic E-state index is 12.5. The van der Waals surface area contributed by atoms with Gasteiger partial charge in [0, 0.05) is 15.7 Å². The first-order valence-corrected chi connectivity index (χ1v) is 10.8. The van der Waals surface area contributed by atoms with Gasteiger partial charge in [-0.1, -0.05) is 45.0 Å². The van der Waals surface area contributed by atoms with Gasteiger partial charge in [0.15, 0.2) is 0 Å². The highest BCUT2D eigenvalue weighted by molar-refractivity contribution is 9.10. The van der Waals surface area contributed by atoms with Crippen molar-refractivity contribution in [2.45, 2.75) is 18.2 Å². The molecule has 0 unspecified atom stereocenters. The van der Waals surface area contributed by atoms with Crippen molar-refractivity contribution in [3.8, 4) is 0 Å². The van der Waals surface area contributed by atoms with Crippen LogP contribution >= 0.6 is 27.3 Å². The molecule has 10 heteroatoms. The van der Waals surface area contributed by atoms with E-state index in [4.69, 9.17) is 0 Å². The molecule has 0 fully saturated rings. The largest absolute Gasteiger partial charge is 0.296 e. The van der Waals surface area contributed by atoms with Gasteiger partial charge in [-0.15, -0.1) is 10.2 Å². The number of halogens is 1. The summed E-state index contributed by atoms with van der Waals surface area (Å²) >= 11 is 4.14. The highest BCUT2D eigenvalue weighted by Crippen LogP contribution is 2.25. The molecule has 7 nitrogen and oxygen atoms in total. The van der Waals surface area contributed by atoms with Crippen molar-refractivity contribution in [2.75, 3.05) is 10.0 Å². The second kappa shape index (κ2) is 7.75. The lowest BCUT2D eigenvalue weighted by Crippen LogP contribution is -2.12. The Balaban J connectivity index is 1.74. The predicted molar refractivity (Wildman–Crippen MR) is 109 cm³/mol. The second-order valence-corrected chi connectivity index (χ2v) is 9.45. The quantitative estimate of drug-likeness (QED) is 0.553. The number of amides is 1. The van der Waals surface area contributed by atoms with Crippen LogP contribution in [0.5, 0.6) is 0 Å². The average Bonchev–Trinajstić information content (AvgIpc) is 3.08. The van der Waals surface area contributed by atoms with Crippen LogP contribution in [0, 0.1) is 13.8 Å². The van der Waals surface area contributed by atoms with E-state index in [0.717, 1.165) is 26.9 Å². The maximum absolute atomic E-state index is 12.5. The van der Waals surface area contributed by atoms with Crippen molar-refractivity contribution in [1.29, 1.82) is 0 Å². The Morgan fingerprint density at radius 1 is 1.07 bits per heavy atom. The van der Waals surface area contributed by atoms with Gasteiger partial charge in [0.05, 0.1) is 0 Å². The summed E-state index contributed by atoms with van der Waals surface area (Å²) in [4.78, 5) is 12.2. The topological polar surface area (TPSA) is 101 Å². The van der Waals surface area contributed by atoms with Gasteiger partial charge in [0.25, 0.3) is 20.3 Å². The zero-order valence-electron chi connectivity index (χ0n) is 14.4. The fourth-order valence-electron chi connectivity index (χ4n) is 2.15. The van der Waals surface area contributed by atoms with Crippen LogP contribution in [-0.4, -0.2) is 24.5 Å². The normalized spacial score (nSPS) is 11.2. The Morgan fingerprint density at radius 2 is 1.78 bits per heavy atom. The van der Waals surface area contributed by atoms with E-state index in [-0.39, 0.29) is 15.4 Å². The number of rotatable bonds is 5. The molecule has 1 heterocycles. The van der Waals surface area contributed by atoms with Crippen molar-refractivity contribution in [3.63, 3.8) is 0 Å². The van der Waals surface area contributed by atoms with Gasteiger partial charge in [-0.05, 0) is 49.7 Å². The van der Waals surface area contributed by atoms with Crippen molar-refractivity contribution in [3.05, 3.63) is 63.6 Å². The lowest BCUT2D eigenvalue weighted by molar-refractivity contribution is 0.102. The first-order valence-electron chi connectivity index (χ1n) is 7.75. The summed E-state index contributed by atoms with van der Waals surface area (Å²) in [7, 11) is -3.90. The van der Waals surface area contributed by atoms with E-state index in [1.54, 1.807) is 30.3 Å². The molecule has 0 saturated heterocycles. The van der Waals surface area contributed by atoms with E-state index in [1.807, 2.05) is 26.0 Å². The summed E-state index contributed by atoms with van der Waals surface area (Å²) < 4.78 is 28.1. The van der Waals surface area contributed by atoms with Gasteiger partial charge in [-0.25, -0.2) is 0 Å². The molecular weight excluding hydrogens is 452 g/mol. The van der Waals surface area contributed by atoms with E-state index < -0.39 is 10.0 Å². The van der Waals surface area contributed by atoms with Crippen LogP contribution < -0.4 is 10.0 Å². The van der Waals surface area contributed by atoms with Crippen LogP contribution in [0.2, 0.25) is 0 Å². The average molecular weight is 467 g/mol. The van der Waals surface area contributed by atoms with E-state index in [1.165, 1.54) is 0 Å². The minimum atomic E-state index is -3.90. The number of aryl methyl sites for hydroxylation is 2. The molecule has 0 aliphatic carbocycles. The fourth-order valence-corrected chi connectivity index (χ4v) is 4.34. The molecule has 2 aromatic carbocycles. The zero-order chi connectivity index (χ0) is 19.6. The lowest BCUT2D eigenvalue weighted by Gasteiger charge is -2.06. The first kappa shape index (κ1) is 19.5. The Morgan fingerprint density at radius 3 is 2.44 bits per heavy atom. The van der Waals surface area contributed by atoms with Crippen LogP contribution in [0.1, 0.15) is 21.5 Å². The molecule has 3 rings (SSSR count). The molecule has 0 atom stereocenters. The third-order valence-electron chi connectivity index (χ3n) is 3.58. The van der Waals surface area contributed by atoms with Gasteiger partial charge in [0.2, 0.25) is 5.13 Å². The van der Waals surface area contributed by atoms with Crippen LogP contribution in [-0.2, 0) is 10.0 Å². The highest BCUT2D eigenvalue weighted by atomic mass is 79.9. The number of aromatic nitrogens is 2. The molecule has 27 heavy (non-hydrogen) atoms. The van der Waals surface area contributed by atoms with Gasteiger partial charge < -0.3 is 0 Å². The summed E-state index contributed by atoms with van der Waals surface area (Å²) in [5, 5.41) is 10.1. The molecule has 3 aromatic rings. The summed E-state index contributed by atoms with van der Waals surface area (Å²) in [5.41, 5.74) is 2.78. The number of hydrogen-bond donors (Lipinski definition) is 2. The van der Waals surface area contributed by atoms with Crippen molar-refractivity contribution < 1.29 is 13.2 Å². The molecule has 0 spiro atoms. The van der Waals surface area contributed by atoms with E-state index in [0.29, 0.717) is 11.3 Å². The first-order chi connectivity index (χ1) is 12.7. The molecule has 0 aliphatic heterocycles. The smallest absolute Gasteiger partial charge is 0.291 e. The van der Waals surface area contributed by atoms with Crippen molar-refractivity contribution in [1.82, 2.24) is 10.2 Å². The molecule has 0 aliphatic rings. The summed E-state index contributed by atoms with van der Waals surface area (Å²) in [5.74, 6) is -0.383. The number of benzene rings is 2. The minimum absolute atomic E-state index is 0.105. The van der Waals surface area contributed by atoms with Gasteiger partial charge in [-0.3, -0.25) is 14.8 Å². The van der Waals surface area contributed by atoms with E-state index in [9.17, 15) is 13.2 Å². The number of nitrogens with one attached hydrogen (secondary N) is 2. The van der Waals surface area contributed by atoms with Gasteiger partial charge >= 0.3 is 0 Å². The third kappa shape index (κ3) is 4.71. The number of carbonyl (C=O) groups excluding carboxylic acids is 1. The Bertz CT molecular complexity index is 1100. The van der Waals surface area contributed by atoms with Crippen molar-refractivity contribution >= 4 is 54.0 Å².